The summed E-state index contributed by atoms with van der Waals surface area (Å²) in [5, 5.41) is 10.6. The zero-order valence-corrected chi connectivity index (χ0v) is 15.2. The van der Waals surface area contributed by atoms with Crippen molar-refractivity contribution in [1.29, 1.82) is 0 Å². The highest BCUT2D eigenvalue weighted by Crippen LogP contribution is 2.31. The largest absolute Gasteiger partial charge is 0.493 e. The van der Waals surface area contributed by atoms with Gasteiger partial charge in [-0.15, -0.1) is 0 Å². The monoisotopic (exact) mass is 374 g/mol. The summed E-state index contributed by atoms with van der Waals surface area (Å²) in [5.74, 6) is 1.28. The molecule has 28 heavy (non-hydrogen) atoms. The molecule has 2 aromatic carbocycles. The molecule has 2 aromatic heterocycles. The van der Waals surface area contributed by atoms with Crippen LogP contribution in [0.15, 0.2) is 66.9 Å². The standard InChI is InChI=1S/C21H18N4O3/c1-27-17-10-4-5-11-18(17)28-21-14(7-6-12-22-21)13-23-20(26)19-15-8-2-3-9-16(15)24-25-19/h2-12H,13H2,1H3,(H,23,26)(H,24,25). The number of aromatic nitrogens is 3. The second-order valence-corrected chi connectivity index (χ2v) is 6.02. The number of nitrogens with zero attached hydrogens (tertiary/aromatic N) is 2. The van der Waals surface area contributed by atoms with Gasteiger partial charge in [0.2, 0.25) is 5.88 Å². The molecule has 140 valence electrons. The molecule has 2 heterocycles. The number of hydrogen-bond donors (Lipinski definition) is 2. The highest BCUT2D eigenvalue weighted by Gasteiger charge is 2.15. The summed E-state index contributed by atoms with van der Waals surface area (Å²) in [5.41, 5.74) is 1.91. The van der Waals surface area contributed by atoms with Gasteiger partial charge < -0.3 is 14.8 Å². The number of fused-ring (bicyclic) bond motifs is 1. The number of carbonyl (C=O) groups excluding carboxylic acids is 1. The topological polar surface area (TPSA) is 89.1 Å². The van der Waals surface area contributed by atoms with E-state index in [1.807, 2.05) is 48.5 Å². The summed E-state index contributed by atoms with van der Waals surface area (Å²) >= 11 is 0. The molecular formula is C21H18N4O3. The Morgan fingerprint density at radius 2 is 1.82 bits per heavy atom. The fourth-order valence-corrected chi connectivity index (χ4v) is 2.85. The number of H-pyrrole nitrogens is 1. The molecule has 0 aliphatic carbocycles. The Morgan fingerprint density at radius 3 is 2.68 bits per heavy atom. The number of ether oxygens (including phenoxy) is 2. The third kappa shape index (κ3) is 3.50. The second kappa shape index (κ2) is 7.79. The number of rotatable bonds is 6. The average Bonchev–Trinajstić information content (AvgIpc) is 3.17. The van der Waals surface area contributed by atoms with E-state index in [-0.39, 0.29) is 12.5 Å². The number of hydrogen-bond acceptors (Lipinski definition) is 5. The Morgan fingerprint density at radius 1 is 1.04 bits per heavy atom. The number of amides is 1. The molecule has 4 aromatic rings. The molecule has 0 atom stereocenters. The molecule has 0 saturated heterocycles. The lowest BCUT2D eigenvalue weighted by Gasteiger charge is -2.12. The molecular weight excluding hydrogens is 356 g/mol. The Kier molecular flexibility index (Phi) is 4.88. The van der Waals surface area contributed by atoms with Crippen LogP contribution in [0.25, 0.3) is 10.9 Å². The summed E-state index contributed by atoms with van der Waals surface area (Å²) in [6, 6.07) is 18.4. The molecule has 0 aliphatic rings. The average molecular weight is 374 g/mol. The van der Waals surface area contributed by atoms with Crippen LogP contribution < -0.4 is 14.8 Å². The number of pyridine rings is 1. The summed E-state index contributed by atoms with van der Waals surface area (Å²) in [6.07, 6.45) is 1.64. The molecule has 0 spiro atoms. The van der Waals surface area contributed by atoms with E-state index in [1.54, 1.807) is 25.4 Å². The van der Waals surface area contributed by atoms with E-state index < -0.39 is 0 Å². The van der Waals surface area contributed by atoms with Crippen LogP contribution in [0.2, 0.25) is 0 Å². The summed E-state index contributed by atoms with van der Waals surface area (Å²) in [6.45, 7) is 0.248. The quantitative estimate of drug-likeness (QED) is 0.537. The van der Waals surface area contributed by atoms with Crippen molar-refractivity contribution in [3.05, 3.63) is 78.1 Å². The van der Waals surface area contributed by atoms with Gasteiger partial charge in [-0.05, 0) is 24.3 Å². The molecule has 0 fully saturated rings. The van der Waals surface area contributed by atoms with E-state index in [9.17, 15) is 4.79 Å². The van der Waals surface area contributed by atoms with E-state index in [4.69, 9.17) is 9.47 Å². The predicted molar refractivity (Wildman–Crippen MR) is 105 cm³/mol. The van der Waals surface area contributed by atoms with Gasteiger partial charge in [0.1, 0.15) is 0 Å². The summed E-state index contributed by atoms with van der Waals surface area (Å²) in [4.78, 5) is 16.9. The van der Waals surface area contributed by atoms with Crippen molar-refractivity contribution in [3.8, 4) is 17.4 Å². The van der Waals surface area contributed by atoms with Crippen LogP contribution in [0, 0.1) is 0 Å². The SMILES string of the molecule is COc1ccccc1Oc1ncccc1CNC(=O)c1n[nH]c2ccccc12. The molecule has 0 bridgehead atoms. The van der Waals surface area contributed by atoms with Crippen LogP contribution in [-0.2, 0) is 6.54 Å². The predicted octanol–water partition coefficient (Wildman–Crippen LogP) is 3.69. The molecule has 1 amide bonds. The lowest BCUT2D eigenvalue weighted by molar-refractivity contribution is 0.0947. The van der Waals surface area contributed by atoms with Gasteiger partial charge in [0.25, 0.3) is 5.91 Å². The molecule has 0 saturated carbocycles. The van der Waals surface area contributed by atoms with Crippen molar-refractivity contribution in [2.24, 2.45) is 0 Å². The maximum atomic E-state index is 12.6. The number of benzene rings is 2. The third-order valence-corrected chi connectivity index (χ3v) is 4.25. The van der Waals surface area contributed by atoms with Gasteiger partial charge in [-0.3, -0.25) is 9.89 Å². The maximum Gasteiger partial charge on any atom is 0.272 e. The van der Waals surface area contributed by atoms with Gasteiger partial charge in [0, 0.05) is 23.7 Å². The van der Waals surface area contributed by atoms with Crippen molar-refractivity contribution in [2.45, 2.75) is 6.54 Å². The van der Waals surface area contributed by atoms with Crippen LogP contribution in [-0.4, -0.2) is 28.2 Å². The van der Waals surface area contributed by atoms with Crippen LogP contribution in [0.3, 0.4) is 0 Å². The Bertz CT molecular complexity index is 1120. The van der Waals surface area contributed by atoms with Crippen LogP contribution in [0.5, 0.6) is 17.4 Å². The van der Waals surface area contributed by atoms with E-state index in [1.165, 1.54) is 0 Å². The number of aromatic amines is 1. The number of para-hydroxylation sites is 3. The summed E-state index contributed by atoms with van der Waals surface area (Å²) < 4.78 is 11.2. The fraction of sp³-hybridized carbons (Fsp3) is 0.0952. The zero-order valence-electron chi connectivity index (χ0n) is 15.2. The Labute approximate surface area is 161 Å². The van der Waals surface area contributed by atoms with Crippen molar-refractivity contribution in [2.75, 3.05) is 7.11 Å². The minimum Gasteiger partial charge on any atom is -0.493 e. The number of methoxy groups -OCH3 is 1. The fourth-order valence-electron chi connectivity index (χ4n) is 2.85. The van der Waals surface area contributed by atoms with Crippen LogP contribution >= 0.6 is 0 Å². The van der Waals surface area contributed by atoms with E-state index in [0.717, 1.165) is 16.5 Å². The molecule has 7 heteroatoms. The smallest absolute Gasteiger partial charge is 0.272 e. The third-order valence-electron chi connectivity index (χ3n) is 4.25. The van der Waals surface area contributed by atoms with Crippen molar-refractivity contribution in [1.82, 2.24) is 20.5 Å². The van der Waals surface area contributed by atoms with Crippen LogP contribution in [0.4, 0.5) is 0 Å². The lowest BCUT2D eigenvalue weighted by Crippen LogP contribution is -2.23. The highest BCUT2D eigenvalue weighted by atomic mass is 16.5. The first-order chi connectivity index (χ1) is 13.8. The Balaban J connectivity index is 1.52. The first kappa shape index (κ1) is 17.5. The van der Waals surface area contributed by atoms with Crippen molar-refractivity contribution < 1.29 is 14.3 Å². The molecule has 7 nitrogen and oxygen atoms in total. The van der Waals surface area contributed by atoms with Gasteiger partial charge in [-0.25, -0.2) is 4.98 Å². The van der Waals surface area contributed by atoms with E-state index >= 15 is 0 Å². The minimum absolute atomic E-state index is 0.248. The van der Waals surface area contributed by atoms with Gasteiger partial charge >= 0.3 is 0 Å². The number of carbonyl (C=O) groups is 1. The number of nitrogens with one attached hydrogen (secondary N) is 2. The van der Waals surface area contributed by atoms with Gasteiger partial charge in [0.05, 0.1) is 12.6 Å². The van der Waals surface area contributed by atoms with Gasteiger partial charge in [-0.2, -0.15) is 5.10 Å². The van der Waals surface area contributed by atoms with E-state index in [2.05, 4.69) is 20.5 Å². The Hall–Kier alpha value is -3.87. The zero-order chi connectivity index (χ0) is 19.3. The highest BCUT2D eigenvalue weighted by molar-refractivity contribution is 6.04. The van der Waals surface area contributed by atoms with Crippen LogP contribution in [0.1, 0.15) is 16.1 Å². The molecule has 2 N–H and O–H groups in total. The van der Waals surface area contributed by atoms with Crippen molar-refractivity contribution >= 4 is 16.8 Å². The molecule has 0 aliphatic heterocycles. The summed E-state index contributed by atoms with van der Waals surface area (Å²) in [7, 11) is 1.58. The molecule has 0 unspecified atom stereocenters. The van der Waals surface area contributed by atoms with E-state index in [0.29, 0.717) is 23.1 Å². The minimum atomic E-state index is -0.274. The lowest BCUT2D eigenvalue weighted by atomic mass is 10.2. The second-order valence-electron chi connectivity index (χ2n) is 6.02. The van der Waals surface area contributed by atoms with Crippen molar-refractivity contribution in [3.63, 3.8) is 0 Å². The maximum absolute atomic E-state index is 12.6. The molecule has 4 rings (SSSR count). The molecule has 0 radical (unpaired) electrons. The first-order valence-corrected chi connectivity index (χ1v) is 8.72. The van der Waals surface area contributed by atoms with Gasteiger partial charge in [0.15, 0.2) is 17.2 Å². The normalized spacial score (nSPS) is 10.6. The first-order valence-electron chi connectivity index (χ1n) is 8.72. The van der Waals surface area contributed by atoms with Gasteiger partial charge in [-0.1, -0.05) is 36.4 Å².